The number of hydrogen-bond acceptors (Lipinski definition) is 3. The molecule has 126 valence electrons. The Morgan fingerprint density at radius 3 is 2.71 bits per heavy atom. The van der Waals surface area contributed by atoms with Gasteiger partial charge in [0, 0.05) is 31.7 Å². The van der Waals surface area contributed by atoms with Crippen molar-refractivity contribution in [3.63, 3.8) is 0 Å². The molecule has 6 nitrogen and oxygen atoms in total. The van der Waals surface area contributed by atoms with E-state index >= 15 is 0 Å². The SMILES string of the molecule is CC1=N[C@]2(CC[C@H]3CN(C(=O)Nc4ccccc4)C[C@H]32)C(=O)N1C. The molecule has 24 heavy (non-hydrogen) atoms. The second-order valence-corrected chi connectivity index (χ2v) is 7.05. The zero-order chi connectivity index (χ0) is 16.9. The minimum absolute atomic E-state index is 0.0924. The topological polar surface area (TPSA) is 65.0 Å². The van der Waals surface area contributed by atoms with Gasteiger partial charge in [-0.15, -0.1) is 0 Å². The van der Waals surface area contributed by atoms with E-state index in [1.807, 2.05) is 42.2 Å². The Kier molecular flexibility index (Phi) is 3.37. The van der Waals surface area contributed by atoms with E-state index in [4.69, 9.17) is 4.99 Å². The number of amidine groups is 1. The molecule has 3 aliphatic rings. The average Bonchev–Trinajstić information content (AvgIpc) is 3.20. The number of nitrogens with one attached hydrogen (secondary N) is 1. The van der Waals surface area contributed by atoms with Crippen molar-refractivity contribution in [3.8, 4) is 0 Å². The Balaban J connectivity index is 1.51. The highest BCUT2D eigenvalue weighted by molar-refractivity contribution is 6.07. The maximum absolute atomic E-state index is 12.7. The summed E-state index contributed by atoms with van der Waals surface area (Å²) in [5, 5.41) is 2.94. The lowest BCUT2D eigenvalue weighted by atomic mass is 9.85. The minimum Gasteiger partial charge on any atom is -0.324 e. The third-order valence-corrected chi connectivity index (χ3v) is 5.78. The molecule has 1 aromatic carbocycles. The quantitative estimate of drug-likeness (QED) is 0.860. The zero-order valence-electron chi connectivity index (χ0n) is 14.0. The van der Waals surface area contributed by atoms with Crippen LogP contribution in [0.15, 0.2) is 35.3 Å². The maximum atomic E-state index is 12.7. The summed E-state index contributed by atoms with van der Waals surface area (Å²) in [5.74, 6) is 1.37. The Morgan fingerprint density at radius 2 is 2.04 bits per heavy atom. The largest absolute Gasteiger partial charge is 0.324 e. The van der Waals surface area contributed by atoms with E-state index in [9.17, 15) is 9.59 Å². The lowest BCUT2D eigenvalue weighted by Gasteiger charge is -2.27. The van der Waals surface area contributed by atoms with Crippen molar-refractivity contribution in [1.29, 1.82) is 0 Å². The molecular formula is C18H22N4O2. The van der Waals surface area contributed by atoms with Crippen LogP contribution in [-0.2, 0) is 4.79 Å². The van der Waals surface area contributed by atoms with Gasteiger partial charge in [-0.3, -0.25) is 9.79 Å². The molecule has 2 aliphatic heterocycles. The first-order valence-electron chi connectivity index (χ1n) is 8.47. The number of hydrogen-bond donors (Lipinski definition) is 1. The van der Waals surface area contributed by atoms with Crippen LogP contribution < -0.4 is 5.32 Å². The first-order valence-corrected chi connectivity index (χ1v) is 8.47. The summed E-state index contributed by atoms with van der Waals surface area (Å²) in [5.41, 5.74) is 0.158. The fraction of sp³-hybridized carbons (Fsp3) is 0.500. The van der Waals surface area contributed by atoms with Crippen LogP contribution in [-0.4, -0.2) is 53.2 Å². The standard InChI is InChI=1S/C18H22N4O2/c1-12-20-18(16(23)21(12)2)9-8-13-10-22(11-15(13)18)17(24)19-14-6-4-3-5-7-14/h3-7,13,15H,8-11H2,1-2H3,(H,19,24)/t13-,15+,18-/m0/s1. The molecule has 1 saturated carbocycles. The Labute approximate surface area is 141 Å². The van der Waals surface area contributed by atoms with Gasteiger partial charge in [0.05, 0.1) is 0 Å². The number of urea groups is 1. The molecule has 1 N–H and O–H groups in total. The molecule has 0 unspecified atom stereocenters. The summed E-state index contributed by atoms with van der Waals surface area (Å²) in [6.45, 7) is 3.19. The summed E-state index contributed by atoms with van der Waals surface area (Å²) >= 11 is 0. The molecule has 0 radical (unpaired) electrons. The molecule has 3 amide bonds. The van der Waals surface area contributed by atoms with Crippen LogP contribution in [0.3, 0.4) is 0 Å². The smallest absolute Gasteiger partial charge is 0.321 e. The van der Waals surface area contributed by atoms with Crippen molar-refractivity contribution in [2.45, 2.75) is 25.3 Å². The van der Waals surface area contributed by atoms with Crippen molar-refractivity contribution in [2.75, 3.05) is 25.5 Å². The number of fused-ring (bicyclic) bond motifs is 2. The fourth-order valence-electron chi connectivity index (χ4n) is 4.44. The van der Waals surface area contributed by atoms with Gasteiger partial charge in [0.25, 0.3) is 5.91 Å². The lowest BCUT2D eigenvalue weighted by Crippen LogP contribution is -2.46. The third-order valence-electron chi connectivity index (χ3n) is 5.78. The van der Waals surface area contributed by atoms with E-state index in [-0.39, 0.29) is 17.9 Å². The highest BCUT2D eigenvalue weighted by Crippen LogP contribution is 2.50. The molecule has 2 fully saturated rings. The second kappa shape index (κ2) is 5.33. The number of rotatable bonds is 1. The van der Waals surface area contributed by atoms with Gasteiger partial charge in [-0.05, 0) is 37.8 Å². The molecule has 2 heterocycles. The zero-order valence-corrected chi connectivity index (χ0v) is 14.0. The van der Waals surface area contributed by atoms with Crippen molar-refractivity contribution < 1.29 is 9.59 Å². The van der Waals surface area contributed by atoms with Gasteiger partial charge in [0.1, 0.15) is 11.4 Å². The van der Waals surface area contributed by atoms with Crippen LogP contribution >= 0.6 is 0 Å². The highest BCUT2D eigenvalue weighted by atomic mass is 16.2. The highest BCUT2D eigenvalue weighted by Gasteiger charge is 2.60. The number of likely N-dealkylation sites (tertiary alicyclic amines) is 1. The number of carbonyl (C=O) groups is 2. The summed E-state index contributed by atoms with van der Waals surface area (Å²) in [6, 6.07) is 9.37. The number of benzene rings is 1. The van der Waals surface area contributed by atoms with Gasteiger partial charge < -0.3 is 15.1 Å². The van der Waals surface area contributed by atoms with Gasteiger partial charge in [0.15, 0.2) is 0 Å². The van der Waals surface area contributed by atoms with Crippen LogP contribution in [0.25, 0.3) is 0 Å². The monoisotopic (exact) mass is 326 g/mol. The first-order chi connectivity index (χ1) is 11.5. The molecule has 4 rings (SSSR count). The average molecular weight is 326 g/mol. The normalized spacial score (nSPS) is 31.6. The van der Waals surface area contributed by atoms with E-state index < -0.39 is 5.54 Å². The number of likely N-dealkylation sites (N-methyl/N-ethyl adjacent to an activating group) is 1. The number of carbonyl (C=O) groups excluding carboxylic acids is 2. The molecule has 0 aromatic heterocycles. The molecule has 6 heteroatoms. The fourth-order valence-corrected chi connectivity index (χ4v) is 4.44. The van der Waals surface area contributed by atoms with E-state index in [1.54, 1.807) is 11.9 Å². The molecule has 1 saturated heterocycles. The molecular weight excluding hydrogens is 304 g/mol. The Bertz CT molecular complexity index is 717. The Morgan fingerprint density at radius 1 is 1.29 bits per heavy atom. The van der Waals surface area contributed by atoms with E-state index in [0.717, 1.165) is 24.4 Å². The van der Waals surface area contributed by atoms with Crippen molar-refractivity contribution in [2.24, 2.45) is 16.8 Å². The van der Waals surface area contributed by atoms with Crippen molar-refractivity contribution >= 4 is 23.5 Å². The summed E-state index contributed by atoms with van der Waals surface area (Å²) in [4.78, 5) is 33.5. The molecule has 0 bridgehead atoms. The van der Waals surface area contributed by atoms with Crippen LogP contribution in [0.5, 0.6) is 0 Å². The van der Waals surface area contributed by atoms with Crippen LogP contribution in [0.4, 0.5) is 10.5 Å². The first kappa shape index (κ1) is 15.2. The molecule has 1 aromatic rings. The predicted octanol–water partition coefficient (Wildman–Crippen LogP) is 2.19. The number of amides is 3. The molecule has 1 aliphatic carbocycles. The van der Waals surface area contributed by atoms with Gasteiger partial charge >= 0.3 is 6.03 Å². The summed E-state index contributed by atoms with van der Waals surface area (Å²) in [7, 11) is 1.79. The number of para-hydroxylation sites is 1. The third kappa shape index (κ3) is 2.12. The lowest BCUT2D eigenvalue weighted by molar-refractivity contribution is -0.131. The van der Waals surface area contributed by atoms with Crippen molar-refractivity contribution in [1.82, 2.24) is 9.80 Å². The minimum atomic E-state index is -0.634. The molecule has 1 spiro atoms. The predicted molar refractivity (Wildman–Crippen MR) is 91.9 cm³/mol. The maximum Gasteiger partial charge on any atom is 0.321 e. The summed E-state index contributed by atoms with van der Waals surface area (Å²) in [6.07, 6.45) is 1.76. The van der Waals surface area contributed by atoms with E-state index in [0.29, 0.717) is 19.0 Å². The van der Waals surface area contributed by atoms with E-state index in [1.165, 1.54) is 0 Å². The van der Waals surface area contributed by atoms with Gasteiger partial charge in [-0.1, -0.05) is 18.2 Å². The van der Waals surface area contributed by atoms with Crippen molar-refractivity contribution in [3.05, 3.63) is 30.3 Å². The Hall–Kier alpha value is -2.37. The van der Waals surface area contributed by atoms with Crippen LogP contribution in [0, 0.1) is 11.8 Å². The van der Waals surface area contributed by atoms with Gasteiger partial charge in [-0.25, -0.2) is 4.79 Å². The second-order valence-electron chi connectivity index (χ2n) is 7.05. The van der Waals surface area contributed by atoms with Gasteiger partial charge in [-0.2, -0.15) is 0 Å². The van der Waals surface area contributed by atoms with E-state index in [2.05, 4.69) is 5.32 Å². The summed E-state index contributed by atoms with van der Waals surface area (Å²) < 4.78 is 0. The van der Waals surface area contributed by atoms with Crippen LogP contribution in [0.1, 0.15) is 19.8 Å². The molecule has 3 atom stereocenters. The number of nitrogens with zero attached hydrogens (tertiary/aromatic N) is 3. The van der Waals surface area contributed by atoms with Gasteiger partial charge in [0.2, 0.25) is 0 Å². The van der Waals surface area contributed by atoms with Crippen LogP contribution in [0.2, 0.25) is 0 Å². The number of anilines is 1. The number of aliphatic imine (C=N–C) groups is 1.